The van der Waals surface area contributed by atoms with E-state index in [1.807, 2.05) is 0 Å². The van der Waals surface area contributed by atoms with E-state index in [1.165, 1.54) is 7.11 Å². The SMILES string of the molecule is COc1ccc(NC(=O)CC(C)C2CCCNC2)cc1OCC(N)=O.Cl. The second kappa shape index (κ2) is 10.9. The molecule has 2 atom stereocenters. The summed E-state index contributed by atoms with van der Waals surface area (Å²) in [5.74, 6) is 1.07. The van der Waals surface area contributed by atoms with Gasteiger partial charge in [-0.05, 0) is 49.9 Å². The molecule has 0 spiro atoms. The molecule has 7 nitrogen and oxygen atoms in total. The van der Waals surface area contributed by atoms with Gasteiger partial charge in [0.2, 0.25) is 5.91 Å². The minimum absolute atomic E-state index is 0. The van der Waals surface area contributed by atoms with Gasteiger partial charge in [0.25, 0.3) is 5.91 Å². The average Bonchev–Trinajstić information content (AvgIpc) is 2.60. The quantitative estimate of drug-likeness (QED) is 0.634. The molecule has 2 amide bonds. The second-order valence-corrected chi connectivity index (χ2v) is 6.46. The fourth-order valence-corrected chi connectivity index (χ4v) is 3.05. The first-order valence-corrected chi connectivity index (χ1v) is 8.59. The molecule has 1 aromatic carbocycles. The van der Waals surface area contributed by atoms with E-state index in [0.29, 0.717) is 35.4 Å². The third-order valence-corrected chi connectivity index (χ3v) is 4.46. The number of carbonyl (C=O) groups excluding carboxylic acids is 2. The number of anilines is 1. The zero-order valence-corrected chi connectivity index (χ0v) is 16.1. The van der Waals surface area contributed by atoms with Crippen LogP contribution in [0, 0.1) is 11.8 Å². The number of ether oxygens (including phenoxy) is 2. The van der Waals surface area contributed by atoms with Crippen molar-refractivity contribution in [2.75, 3.05) is 32.1 Å². The van der Waals surface area contributed by atoms with Crippen LogP contribution in [0.4, 0.5) is 5.69 Å². The van der Waals surface area contributed by atoms with Gasteiger partial charge in [-0.1, -0.05) is 6.92 Å². The third-order valence-electron chi connectivity index (χ3n) is 4.46. The van der Waals surface area contributed by atoms with E-state index in [4.69, 9.17) is 15.2 Å². The van der Waals surface area contributed by atoms with Crippen LogP contribution < -0.4 is 25.8 Å². The lowest BCUT2D eigenvalue weighted by Crippen LogP contribution is -2.34. The van der Waals surface area contributed by atoms with Gasteiger partial charge >= 0.3 is 0 Å². The number of carbonyl (C=O) groups is 2. The number of rotatable bonds is 8. The molecule has 1 aliphatic rings. The predicted octanol–water partition coefficient (Wildman–Crippen LogP) is 1.95. The van der Waals surface area contributed by atoms with Crippen LogP contribution >= 0.6 is 12.4 Å². The highest BCUT2D eigenvalue weighted by atomic mass is 35.5. The number of hydrogen-bond donors (Lipinski definition) is 3. The van der Waals surface area contributed by atoms with Crippen molar-refractivity contribution < 1.29 is 19.1 Å². The Kier molecular flexibility index (Phi) is 9.23. The summed E-state index contributed by atoms with van der Waals surface area (Å²) in [6.45, 7) is 3.91. The van der Waals surface area contributed by atoms with Crippen LogP contribution in [0.1, 0.15) is 26.2 Å². The van der Waals surface area contributed by atoms with Crippen LogP contribution in [0.5, 0.6) is 11.5 Å². The van der Waals surface area contributed by atoms with Crippen molar-refractivity contribution >= 4 is 29.9 Å². The van der Waals surface area contributed by atoms with E-state index in [2.05, 4.69) is 17.6 Å². The van der Waals surface area contributed by atoms with Gasteiger partial charge in [0, 0.05) is 18.2 Å². The number of methoxy groups -OCH3 is 1. The molecule has 1 aliphatic heterocycles. The van der Waals surface area contributed by atoms with Crippen molar-refractivity contribution in [1.29, 1.82) is 0 Å². The summed E-state index contributed by atoms with van der Waals surface area (Å²) >= 11 is 0. The standard InChI is InChI=1S/C18H27N3O4.ClH/c1-12(13-4-3-7-20-10-13)8-18(23)21-14-5-6-15(24-2)16(9-14)25-11-17(19)22;/h5-6,9,12-13,20H,3-4,7-8,10-11H2,1-2H3,(H2,19,22)(H,21,23);1H. The minimum atomic E-state index is -0.577. The van der Waals surface area contributed by atoms with E-state index in [0.717, 1.165) is 25.9 Å². The zero-order chi connectivity index (χ0) is 18.2. The normalized spacial score (nSPS) is 17.5. The Morgan fingerprint density at radius 3 is 2.77 bits per heavy atom. The number of primary amides is 1. The summed E-state index contributed by atoms with van der Waals surface area (Å²) in [5, 5.41) is 6.26. The first kappa shape index (κ1) is 22.1. The Morgan fingerprint density at radius 2 is 2.15 bits per heavy atom. The zero-order valence-electron chi connectivity index (χ0n) is 15.2. The summed E-state index contributed by atoms with van der Waals surface area (Å²) in [6, 6.07) is 5.05. The van der Waals surface area contributed by atoms with Crippen molar-refractivity contribution in [1.82, 2.24) is 5.32 Å². The molecule has 2 rings (SSSR count). The van der Waals surface area contributed by atoms with Crippen LogP contribution in [-0.2, 0) is 9.59 Å². The van der Waals surface area contributed by atoms with Crippen molar-refractivity contribution in [3.8, 4) is 11.5 Å². The first-order chi connectivity index (χ1) is 12.0. The molecule has 0 aromatic heterocycles. The average molecular weight is 386 g/mol. The van der Waals surface area contributed by atoms with Gasteiger partial charge in [-0.2, -0.15) is 0 Å². The molecule has 1 saturated heterocycles. The summed E-state index contributed by atoms with van der Waals surface area (Å²) in [6.07, 6.45) is 2.79. The third kappa shape index (κ3) is 6.72. The highest BCUT2D eigenvalue weighted by molar-refractivity contribution is 5.91. The monoisotopic (exact) mass is 385 g/mol. The second-order valence-electron chi connectivity index (χ2n) is 6.46. The number of nitrogens with two attached hydrogens (primary N) is 1. The van der Waals surface area contributed by atoms with Crippen LogP contribution in [0.25, 0.3) is 0 Å². The number of benzene rings is 1. The van der Waals surface area contributed by atoms with Gasteiger partial charge in [-0.15, -0.1) is 12.4 Å². The lowest BCUT2D eigenvalue weighted by atomic mass is 9.85. The molecular weight excluding hydrogens is 358 g/mol. The number of nitrogens with one attached hydrogen (secondary N) is 2. The van der Waals surface area contributed by atoms with Gasteiger partial charge < -0.3 is 25.8 Å². The summed E-state index contributed by atoms with van der Waals surface area (Å²) < 4.78 is 10.5. The van der Waals surface area contributed by atoms with Gasteiger partial charge in [0.05, 0.1) is 7.11 Å². The fourth-order valence-electron chi connectivity index (χ4n) is 3.05. The van der Waals surface area contributed by atoms with Gasteiger partial charge in [0.1, 0.15) is 0 Å². The molecule has 8 heteroatoms. The number of amides is 2. The maximum Gasteiger partial charge on any atom is 0.255 e. The van der Waals surface area contributed by atoms with Gasteiger partial charge in [0.15, 0.2) is 18.1 Å². The Labute approximate surface area is 160 Å². The Balaban J connectivity index is 0.00000338. The van der Waals surface area contributed by atoms with E-state index in [9.17, 15) is 9.59 Å². The van der Waals surface area contributed by atoms with E-state index >= 15 is 0 Å². The lowest BCUT2D eigenvalue weighted by Gasteiger charge is -2.28. The highest BCUT2D eigenvalue weighted by Crippen LogP contribution is 2.30. The molecule has 4 N–H and O–H groups in total. The van der Waals surface area contributed by atoms with Crippen molar-refractivity contribution in [2.45, 2.75) is 26.2 Å². The Bertz CT molecular complexity index is 606. The predicted molar refractivity (Wildman–Crippen MR) is 103 cm³/mol. The Hall–Kier alpha value is -1.99. The van der Waals surface area contributed by atoms with E-state index in [-0.39, 0.29) is 24.9 Å². The van der Waals surface area contributed by atoms with Crippen LogP contribution in [0.3, 0.4) is 0 Å². The molecule has 0 aliphatic carbocycles. The molecular formula is C18H28ClN3O4. The van der Waals surface area contributed by atoms with Crippen LogP contribution in [0.2, 0.25) is 0 Å². The molecule has 0 radical (unpaired) electrons. The summed E-state index contributed by atoms with van der Waals surface area (Å²) in [5.41, 5.74) is 5.69. The van der Waals surface area contributed by atoms with E-state index < -0.39 is 5.91 Å². The Morgan fingerprint density at radius 1 is 1.38 bits per heavy atom. The number of halogens is 1. The molecule has 0 bridgehead atoms. The topological polar surface area (TPSA) is 103 Å². The van der Waals surface area contributed by atoms with Gasteiger partial charge in [-0.25, -0.2) is 0 Å². The van der Waals surface area contributed by atoms with E-state index in [1.54, 1.807) is 18.2 Å². The van der Waals surface area contributed by atoms with Crippen molar-refractivity contribution in [3.63, 3.8) is 0 Å². The highest BCUT2D eigenvalue weighted by Gasteiger charge is 2.22. The molecule has 146 valence electrons. The summed E-state index contributed by atoms with van der Waals surface area (Å²) in [4.78, 5) is 23.2. The minimum Gasteiger partial charge on any atom is -0.493 e. The smallest absolute Gasteiger partial charge is 0.255 e. The largest absolute Gasteiger partial charge is 0.493 e. The van der Waals surface area contributed by atoms with Gasteiger partial charge in [-0.3, -0.25) is 9.59 Å². The molecule has 2 unspecified atom stereocenters. The molecule has 1 heterocycles. The fraction of sp³-hybridized carbons (Fsp3) is 0.556. The molecule has 1 aromatic rings. The maximum atomic E-state index is 12.3. The van der Waals surface area contributed by atoms with Crippen LogP contribution in [-0.4, -0.2) is 38.6 Å². The lowest BCUT2D eigenvalue weighted by molar-refractivity contribution is -0.120. The van der Waals surface area contributed by atoms with Crippen molar-refractivity contribution in [2.24, 2.45) is 17.6 Å². The molecule has 1 fully saturated rings. The molecule has 0 saturated carbocycles. The maximum absolute atomic E-state index is 12.3. The number of piperidine rings is 1. The summed E-state index contributed by atoms with van der Waals surface area (Å²) in [7, 11) is 1.50. The molecule has 26 heavy (non-hydrogen) atoms. The van der Waals surface area contributed by atoms with Crippen molar-refractivity contribution in [3.05, 3.63) is 18.2 Å². The van der Waals surface area contributed by atoms with Crippen LogP contribution in [0.15, 0.2) is 18.2 Å². The number of hydrogen-bond acceptors (Lipinski definition) is 5. The first-order valence-electron chi connectivity index (χ1n) is 8.59.